The van der Waals surface area contributed by atoms with Crippen LogP contribution < -0.4 is 5.32 Å². The second-order valence-electron chi connectivity index (χ2n) is 5.15. The van der Waals surface area contributed by atoms with Crippen LogP contribution >= 0.6 is 15.9 Å². The molecule has 0 saturated heterocycles. The minimum absolute atomic E-state index is 0.648. The minimum Gasteiger partial charge on any atom is -0.381 e. The molecule has 1 aromatic heterocycles. The third-order valence-corrected chi connectivity index (χ3v) is 4.33. The molecule has 1 N–H and O–H groups in total. The van der Waals surface area contributed by atoms with Gasteiger partial charge in [-0.15, -0.1) is 0 Å². The Balaban J connectivity index is 1.89. The first-order chi connectivity index (χ1) is 7.56. The molecule has 3 heteroatoms. The number of rotatable bonds is 3. The maximum Gasteiger partial charge on any atom is 0.109 e. The van der Waals surface area contributed by atoms with Crippen LogP contribution in [0.4, 0.5) is 5.69 Å². The van der Waals surface area contributed by atoms with Crippen molar-refractivity contribution >= 4 is 21.6 Å². The van der Waals surface area contributed by atoms with Crippen LogP contribution in [0, 0.1) is 18.8 Å². The van der Waals surface area contributed by atoms with Gasteiger partial charge in [0, 0.05) is 6.04 Å². The highest BCUT2D eigenvalue weighted by Crippen LogP contribution is 2.35. The Hall–Kier alpha value is -0.570. The summed E-state index contributed by atoms with van der Waals surface area (Å²) in [6.45, 7) is 6.69. The van der Waals surface area contributed by atoms with E-state index in [1.165, 1.54) is 18.4 Å². The van der Waals surface area contributed by atoms with Gasteiger partial charge >= 0.3 is 0 Å². The number of nitrogens with one attached hydrogen (secondary N) is 1. The predicted molar refractivity (Wildman–Crippen MR) is 71.6 cm³/mol. The topological polar surface area (TPSA) is 24.9 Å². The zero-order valence-corrected chi connectivity index (χ0v) is 11.7. The molecule has 0 bridgehead atoms. The molecule has 1 aliphatic carbocycles. The molecule has 0 amide bonds. The van der Waals surface area contributed by atoms with E-state index in [0.717, 1.165) is 22.1 Å². The summed E-state index contributed by atoms with van der Waals surface area (Å²) in [4.78, 5) is 4.30. The summed E-state index contributed by atoms with van der Waals surface area (Å²) in [5.41, 5.74) is 2.33. The largest absolute Gasteiger partial charge is 0.381 e. The van der Waals surface area contributed by atoms with Gasteiger partial charge in [0.25, 0.3) is 0 Å². The number of anilines is 1. The molecule has 0 aliphatic heterocycles. The van der Waals surface area contributed by atoms with E-state index in [-0.39, 0.29) is 0 Å². The van der Waals surface area contributed by atoms with Crippen LogP contribution in [0.1, 0.15) is 32.3 Å². The number of aryl methyl sites for hydroxylation is 1. The summed E-state index contributed by atoms with van der Waals surface area (Å²) < 4.78 is 0.937. The average molecular weight is 283 g/mol. The van der Waals surface area contributed by atoms with E-state index in [9.17, 15) is 0 Å². The molecule has 0 spiro atoms. The third kappa shape index (κ3) is 2.57. The summed E-state index contributed by atoms with van der Waals surface area (Å²) in [6.07, 6.45) is 4.50. The number of halogens is 1. The van der Waals surface area contributed by atoms with Crippen molar-refractivity contribution in [3.05, 3.63) is 22.4 Å². The van der Waals surface area contributed by atoms with Gasteiger partial charge in [0.1, 0.15) is 4.60 Å². The number of pyridine rings is 1. The van der Waals surface area contributed by atoms with Gasteiger partial charge in [-0.3, -0.25) is 0 Å². The molecule has 2 nitrogen and oxygen atoms in total. The Kier molecular flexibility index (Phi) is 3.53. The van der Waals surface area contributed by atoms with E-state index in [4.69, 9.17) is 0 Å². The van der Waals surface area contributed by atoms with Crippen LogP contribution in [0.25, 0.3) is 0 Å². The number of nitrogens with zero attached hydrogens (tertiary/aromatic N) is 1. The van der Waals surface area contributed by atoms with Crippen molar-refractivity contribution in [3.8, 4) is 0 Å². The summed E-state index contributed by atoms with van der Waals surface area (Å²) in [6, 6.07) is 2.80. The Morgan fingerprint density at radius 3 is 2.69 bits per heavy atom. The summed E-state index contributed by atoms with van der Waals surface area (Å²) in [5.74, 6) is 1.73. The highest BCUT2D eigenvalue weighted by atomic mass is 79.9. The first-order valence-corrected chi connectivity index (χ1v) is 6.74. The van der Waals surface area contributed by atoms with E-state index in [2.05, 4.69) is 53.1 Å². The van der Waals surface area contributed by atoms with Gasteiger partial charge in [-0.05, 0) is 59.2 Å². The fraction of sp³-hybridized carbons (Fsp3) is 0.615. The molecular formula is C13H19BrN2. The third-order valence-electron chi connectivity index (χ3n) is 3.50. The predicted octanol–water partition coefficient (Wildman–Crippen LogP) is 4.00. The van der Waals surface area contributed by atoms with E-state index in [1.54, 1.807) is 0 Å². The van der Waals surface area contributed by atoms with E-state index >= 15 is 0 Å². The fourth-order valence-electron chi connectivity index (χ4n) is 2.20. The van der Waals surface area contributed by atoms with Crippen LogP contribution in [-0.4, -0.2) is 11.0 Å². The summed E-state index contributed by atoms with van der Waals surface area (Å²) in [7, 11) is 0. The van der Waals surface area contributed by atoms with Crippen LogP contribution in [0.2, 0.25) is 0 Å². The normalized spacial score (nSPS) is 24.3. The Bertz CT molecular complexity index is 370. The number of hydrogen-bond donors (Lipinski definition) is 1. The second-order valence-corrected chi connectivity index (χ2v) is 5.90. The van der Waals surface area contributed by atoms with Gasteiger partial charge in [-0.25, -0.2) is 4.98 Å². The molecule has 1 saturated carbocycles. The first-order valence-electron chi connectivity index (χ1n) is 5.95. The van der Waals surface area contributed by atoms with Crippen molar-refractivity contribution in [2.24, 2.45) is 11.8 Å². The van der Waals surface area contributed by atoms with Crippen molar-refractivity contribution in [1.82, 2.24) is 4.98 Å². The van der Waals surface area contributed by atoms with E-state index in [0.29, 0.717) is 6.04 Å². The fourth-order valence-corrected chi connectivity index (χ4v) is 2.41. The molecule has 0 radical (unpaired) electrons. The second kappa shape index (κ2) is 4.74. The number of hydrogen-bond acceptors (Lipinski definition) is 2. The van der Waals surface area contributed by atoms with Crippen LogP contribution in [0.3, 0.4) is 0 Å². The van der Waals surface area contributed by atoms with Gasteiger partial charge in [0.05, 0.1) is 11.9 Å². The van der Waals surface area contributed by atoms with Crippen molar-refractivity contribution in [3.63, 3.8) is 0 Å². The highest BCUT2D eigenvalue weighted by Gasteiger charge is 2.30. The van der Waals surface area contributed by atoms with Gasteiger partial charge in [0.2, 0.25) is 0 Å². The smallest absolute Gasteiger partial charge is 0.109 e. The molecular weight excluding hydrogens is 264 g/mol. The molecule has 1 heterocycles. The Morgan fingerprint density at radius 1 is 1.44 bits per heavy atom. The van der Waals surface area contributed by atoms with Gasteiger partial charge in [-0.2, -0.15) is 0 Å². The summed E-state index contributed by atoms with van der Waals surface area (Å²) >= 11 is 3.42. The van der Waals surface area contributed by atoms with Crippen LogP contribution in [0.15, 0.2) is 16.9 Å². The zero-order valence-electron chi connectivity index (χ0n) is 10.1. The molecule has 0 aromatic carbocycles. The van der Waals surface area contributed by atoms with Crippen molar-refractivity contribution in [1.29, 1.82) is 0 Å². The first kappa shape index (κ1) is 11.9. The van der Waals surface area contributed by atoms with Gasteiger partial charge in [0.15, 0.2) is 0 Å². The van der Waals surface area contributed by atoms with Gasteiger partial charge in [-0.1, -0.05) is 13.8 Å². The lowest BCUT2D eigenvalue weighted by molar-refractivity contribution is 0.212. The summed E-state index contributed by atoms with van der Waals surface area (Å²) in [5, 5.41) is 3.55. The van der Waals surface area contributed by atoms with E-state index in [1.807, 2.05) is 6.20 Å². The maximum absolute atomic E-state index is 4.30. The molecule has 88 valence electrons. The highest BCUT2D eigenvalue weighted by molar-refractivity contribution is 9.10. The molecule has 1 fully saturated rings. The van der Waals surface area contributed by atoms with Crippen molar-refractivity contribution in [2.75, 3.05) is 5.32 Å². The monoisotopic (exact) mass is 282 g/mol. The number of aromatic nitrogens is 1. The SMILES string of the molecule is Cc1cc(NC2CC(C(C)C)C2)cnc1Br. The van der Waals surface area contributed by atoms with Crippen LogP contribution in [0.5, 0.6) is 0 Å². The Labute approximate surface area is 106 Å². The lowest BCUT2D eigenvalue weighted by atomic mass is 9.73. The Morgan fingerprint density at radius 2 is 2.12 bits per heavy atom. The van der Waals surface area contributed by atoms with Crippen molar-refractivity contribution in [2.45, 2.75) is 39.7 Å². The maximum atomic E-state index is 4.30. The standard InChI is InChI=1S/C13H19BrN2/c1-8(2)10-5-11(6-10)16-12-4-9(3)13(14)15-7-12/h4,7-8,10-11,16H,5-6H2,1-3H3. The molecule has 0 atom stereocenters. The molecule has 16 heavy (non-hydrogen) atoms. The average Bonchev–Trinajstić information content (AvgIpc) is 2.15. The lowest BCUT2D eigenvalue weighted by Crippen LogP contribution is -2.37. The minimum atomic E-state index is 0.648. The molecule has 1 aliphatic rings. The van der Waals surface area contributed by atoms with E-state index < -0.39 is 0 Å². The molecule has 2 rings (SSSR count). The quantitative estimate of drug-likeness (QED) is 0.848. The molecule has 1 aromatic rings. The van der Waals surface area contributed by atoms with Crippen LogP contribution in [-0.2, 0) is 0 Å². The zero-order chi connectivity index (χ0) is 11.7. The molecule has 0 unspecified atom stereocenters. The van der Waals surface area contributed by atoms with Gasteiger partial charge < -0.3 is 5.32 Å². The lowest BCUT2D eigenvalue weighted by Gasteiger charge is -2.39. The van der Waals surface area contributed by atoms with Crippen molar-refractivity contribution < 1.29 is 0 Å².